The molecule has 0 spiro atoms. The van der Waals surface area contributed by atoms with Gasteiger partial charge in [0.2, 0.25) is 0 Å². The summed E-state index contributed by atoms with van der Waals surface area (Å²) in [6.45, 7) is 0. The molecule has 0 aliphatic rings. The van der Waals surface area contributed by atoms with Crippen LogP contribution >= 0.6 is 0 Å². The third kappa shape index (κ3) is 1.85. The maximum atomic E-state index is 6.31. The van der Waals surface area contributed by atoms with Crippen LogP contribution in [0.25, 0.3) is 10.9 Å². The van der Waals surface area contributed by atoms with Crippen LogP contribution in [0, 0.1) is 0 Å². The molecular formula is C15H13N3. The Morgan fingerprint density at radius 3 is 2.67 bits per heavy atom. The lowest BCUT2D eigenvalue weighted by atomic mass is 9.97. The second kappa shape index (κ2) is 4.55. The fraction of sp³-hybridized carbons (Fsp3) is 0.0667. The van der Waals surface area contributed by atoms with Crippen molar-refractivity contribution in [3.8, 4) is 0 Å². The summed E-state index contributed by atoms with van der Waals surface area (Å²) in [5.41, 5.74) is 9.37. The molecule has 0 fully saturated rings. The van der Waals surface area contributed by atoms with Crippen LogP contribution in [0.2, 0.25) is 0 Å². The van der Waals surface area contributed by atoms with Gasteiger partial charge in [-0.3, -0.25) is 9.97 Å². The fourth-order valence-corrected chi connectivity index (χ4v) is 2.14. The molecule has 0 saturated heterocycles. The zero-order chi connectivity index (χ0) is 12.4. The van der Waals surface area contributed by atoms with Crippen molar-refractivity contribution in [3.05, 3.63) is 72.2 Å². The van der Waals surface area contributed by atoms with Crippen LogP contribution in [0.15, 0.2) is 61.1 Å². The van der Waals surface area contributed by atoms with Gasteiger partial charge in [0.25, 0.3) is 0 Å². The summed E-state index contributed by atoms with van der Waals surface area (Å²) in [6.07, 6.45) is 5.35. The molecule has 3 nitrogen and oxygen atoms in total. The van der Waals surface area contributed by atoms with Gasteiger partial charge in [-0.2, -0.15) is 0 Å². The van der Waals surface area contributed by atoms with E-state index < -0.39 is 0 Å². The lowest BCUT2D eigenvalue weighted by Crippen LogP contribution is -2.12. The van der Waals surface area contributed by atoms with Gasteiger partial charge in [-0.1, -0.05) is 24.3 Å². The standard InChI is InChI=1S/C15H13N3/c16-15(11-4-2-8-17-10-11)13-5-1-7-14-12(13)6-3-9-18-14/h1-10,15H,16H2. The summed E-state index contributed by atoms with van der Waals surface area (Å²) >= 11 is 0. The number of nitrogens with two attached hydrogens (primary N) is 1. The third-order valence-corrected chi connectivity index (χ3v) is 3.06. The Hall–Kier alpha value is -2.26. The van der Waals surface area contributed by atoms with Gasteiger partial charge in [-0.05, 0) is 29.3 Å². The Bertz CT molecular complexity index is 659. The summed E-state index contributed by atoms with van der Waals surface area (Å²) in [5, 5.41) is 1.09. The predicted molar refractivity (Wildman–Crippen MR) is 72.0 cm³/mol. The van der Waals surface area contributed by atoms with E-state index in [9.17, 15) is 0 Å². The minimum atomic E-state index is -0.174. The number of hydrogen-bond donors (Lipinski definition) is 1. The molecule has 0 saturated carbocycles. The van der Waals surface area contributed by atoms with Crippen LogP contribution in [0.1, 0.15) is 17.2 Å². The van der Waals surface area contributed by atoms with Crippen LogP contribution in [-0.2, 0) is 0 Å². The summed E-state index contributed by atoms with van der Waals surface area (Å²) < 4.78 is 0. The largest absolute Gasteiger partial charge is 0.320 e. The van der Waals surface area contributed by atoms with Crippen LogP contribution in [0.4, 0.5) is 0 Å². The Balaban J connectivity index is 2.15. The van der Waals surface area contributed by atoms with Gasteiger partial charge in [-0.25, -0.2) is 0 Å². The maximum Gasteiger partial charge on any atom is 0.0705 e. The smallest absolute Gasteiger partial charge is 0.0705 e. The minimum absolute atomic E-state index is 0.174. The number of fused-ring (bicyclic) bond motifs is 1. The monoisotopic (exact) mass is 235 g/mol. The van der Waals surface area contributed by atoms with Gasteiger partial charge in [0.15, 0.2) is 0 Å². The van der Waals surface area contributed by atoms with Crippen LogP contribution in [0.3, 0.4) is 0 Å². The highest BCUT2D eigenvalue weighted by Gasteiger charge is 2.11. The highest BCUT2D eigenvalue weighted by molar-refractivity contribution is 5.82. The average Bonchev–Trinajstić information content (AvgIpc) is 2.47. The molecule has 1 aromatic carbocycles. The number of rotatable bonds is 2. The summed E-state index contributed by atoms with van der Waals surface area (Å²) in [4.78, 5) is 8.46. The lowest BCUT2D eigenvalue weighted by Gasteiger charge is -2.14. The van der Waals surface area contributed by atoms with Crippen LogP contribution in [0.5, 0.6) is 0 Å². The van der Waals surface area contributed by atoms with Crippen molar-refractivity contribution in [3.63, 3.8) is 0 Å². The fourth-order valence-electron chi connectivity index (χ4n) is 2.14. The van der Waals surface area contributed by atoms with Crippen molar-refractivity contribution in [1.29, 1.82) is 0 Å². The molecule has 3 heteroatoms. The van der Waals surface area contributed by atoms with E-state index in [-0.39, 0.29) is 6.04 Å². The summed E-state index contributed by atoms with van der Waals surface area (Å²) in [7, 11) is 0. The Morgan fingerprint density at radius 2 is 1.83 bits per heavy atom. The first-order valence-corrected chi connectivity index (χ1v) is 5.85. The van der Waals surface area contributed by atoms with Crippen LogP contribution in [-0.4, -0.2) is 9.97 Å². The first kappa shape index (κ1) is 10.9. The molecule has 0 radical (unpaired) electrons. The molecule has 0 bridgehead atoms. The third-order valence-electron chi connectivity index (χ3n) is 3.06. The minimum Gasteiger partial charge on any atom is -0.320 e. The second-order valence-corrected chi connectivity index (χ2v) is 4.18. The second-order valence-electron chi connectivity index (χ2n) is 4.18. The van der Waals surface area contributed by atoms with E-state index in [0.29, 0.717) is 0 Å². The highest BCUT2D eigenvalue weighted by atomic mass is 14.7. The molecule has 18 heavy (non-hydrogen) atoms. The zero-order valence-corrected chi connectivity index (χ0v) is 9.82. The van der Waals surface area contributed by atoms with Crippen molar-refractivity contribution in [2.24, 2.45) is 5.73 Å². The van der Waals surface area contributed by atoms with E-state index in [1.54, 1.807) is 18.6 Å². The normalized spacial score (nSPS) is 12.5. The van der Waals surface area contributed by atoms with Crippen molar-refractivity contribution in [1.82, 2.24) is 9.97 Å². The quantitative estimate of drug-likeness (QED) is 0.743. The topological polar surface area (TPSA) is 51.8 Å². The molecular weight excluding hydrogens is 222 g/mol. The molecule has 2 aromatic heterocycles. The number of pyridine rings is 2. The zero-order valence-electron chi connectivity index (χ0n) is 9.82. The van der Waals surface area contributed by atoms with E-state index in [4.69, 9.17) is 5.73 Å². The van der Waals surface area contributed by atoms with Gasteiger partial charge >= 0.3 is 0 Å². The van der Waals surface area contributed by atoms with Gasteiger partial charge in [0, 0.05) is 24.0 Å². The molecule has 3 aromatic rings. The Labute approximate surface area is 105 Å². The number of aromatic nitrogens is 2. The first-order valence-electron chi connectivity index (χ1n) is 5.85. The SMILES string of the molecule is NC(c1cccnc1)c1cccc2ncccc12. The van der Waals surface area contributed by atoms with E-state index in [1.165, 1.54) is 0 Å². The van der Waals surface area contributed by atoms with Crippen molar-refractivity contribution >= 4 is 10.9 Å². The predicted octanol–water partition coefficient (Wildman–Crippen LogP) is 2.68. The van der Waals surface area contributed by atoms with E-state index >= 15 is 0 Å². The van der Waals surface area contributed by atoms with E-state index in [0.717, 1.165) is 22.0 Å². The Morgan fingerprint density at radius 1 is 0.944 bits per heavy atom. The number of benzene rings is 1. The molecule has 2 heterocycles. The molecule has 3 rings (SSSR count). The van der Waals surface area contributed by atoms with Gasteiger partial charge < -0.3 is 5.73 Å². The Kier molecular flexibility index (Phi) is 2.74. The highest BCUT2D eigenvalue weighted by Crippen LogP contribution is 2.25. The molecule has 2 N–H and O–H groups in total. The number of hydrogen-bond acceptors (Lipinski definition) is 3. The van der Waals surface area contributed by atoms with Crippen molar-refractivity contribution in [2.45, 2.75) is 6.04 Å². The summed E-state index contributed by atoms with van der Waals surface area (Å²) in [5.74, 6) is 0. The maximum absolute atomic E-state index is 6.31. The van der Waals surface area contributed by atoms with Gasteiger partial charge in [-0.15, -0.1) is 0 Å². The van der Waals surface area contributed by atoms with E-state index in [1.807, 2.05) is 42.5 Å². The first-order chi connectivity index (χ1) is 8.86. The lowest BCUT2D eigenvalue weighted by molar-refractivity contribution is 0.871. The molecule has 0 aliphatic carbocycles. The van der Waals surface area contributed by atoms with Gasteiger partial charge in [0.1, 0.15) is 0 Å². The summed E-state index contributed by atoms with van der Waals surface area (Å²) in [6, 6.07) is 13.7. The molecule has 0 amide bonds. The van der Waals surface area contributed by atoms with Gasteiger partial charge in [0.05, 0.1) is 11.6 Å². The van der Waals surface area contributed by atoms with E-state index in [2.05, 4.69) is 9.97 Å². The molecule has 88 valence electrons. The van der Waals surface area contributed by atoms with Crippen LogP contribution < -0.4 is 5.73 Å². The van der Waals surface area contributed by atoms with Crippen molar-refractivity contribution in [2.75, 3.05) is 0 Å². The number of nitrogens with zero attached hydrogens (tertiary/aromatic N) is 2. The molecule has 1 unspecified atom stereocenters. The average molecular weight is 235 g/mol. The van der Waals surface area contributed by atoms with Crippen molar-refractivity contribution < 1.29 is 0 Å². The molecule has 0 aliphatic heterocycles. The molecule has 1 atom stereocenters.